The minimum absolute atomic E-state index is 0.00734. The van der Waals surface area contributed by atoms with E-state index >= 15 is 0 Å². The molecule has 0 unspecified atom stereocenters. The number of sulfonamides is 1. The van der Waals surface area contributed by atoms with Crippen molar-refractivity contribution in [1.29, 1.82) is 0 Å². The molecule has 3 N–H and O–H groups in total. The van der Waals surface area contributed by atoms with E-state index in [-0.39, 0.29) is 16.3 Å². The van der Waals surface area contributed by atoms with Crippen LogP contribution >= 0.6 is 15.9 Å². The highest BCUT2D eigenvalue weighted by molar-refractivity contribution is 9.10. The predicted octanol–water partition coefficient (Wildman–Crippen LogP) is 2.98. The van der Waals surface area contributed by atoms with Crippen LogP contribution < -0.4 is 15.2 Å². The molecule has 5 nitrogen and oxygen atoms in total. The second-order valence-corrected chi connectivity index (χ2v) is 6.65. The van der Waals surface area contributed by atoms with Gasteiger partial charge >= 0.3 is 0 Å². The zero-order valence-corrected chi connectivity index (χ0v) is 13.3. The molecule has 0 aliphatic heterocycles. The number of nitrogen functional groups attached to an aromatic ring is 1. The van der Waals surface area contributed by atoms with Gasteiger partial charge in [0.1, 0.15) is 4.90 Å². The van der Waals surface area contributed by atoms with Gasteiger partial charge in [0.15, 0.2) is 11.6 Å². The molecule has 0 atom stereocenters. The van der Waals surface area contributed by atoms with Gasteiger partial charge in [-0.05, 0) is 46.3 Å². The fourth-order valence-corrected chi connectivity index (χ4v) is 3.82. The molecule has 0 heterocycles. The Morgan fingerprint density at radius 2 is 1.95 bits per heavy atom. The van der Waals surface area contributed by atoms with Gasteiger partial charge in [-0.1, -0.05) is 0 Å². The van der Waals surface area contributed by atoms with E-state index in [1.165, 1.54) is 37.4 Å². The number of rotatable bonds is 4. The molecule has 112 valence electrons. The van der Waals surface area contributed by atoms with Crippen LogP contribution in [0.25, 0.3) is 0 Å². The third-order valence-electron chi connectivity index (χ3n) is 2.65. The fraction of sp³-hybridized carbons (Fsp3) is 0.0769. The lowest BCUT2D eigenvalue weighted by Crippen LogP contribution is -2.14. The van der Waals surface area contributed by atoms with E-state index in [0.717, 1.165) is 6.07 Å². The molecule has 21 heavy (non-hydrogen) atoms. The summed E-state index contributed by atoms with van der Waals surface area (Å²) in [5.74, 6) is -0.624. The highest BCUT2D eigenvalue weighted by Gasteiger charge is 2.18. The first-order chi connectivity index (χ1) is 9.83. The highest BCUT2D eigenvalue weighted by Crippen LogP contribution is 2.27. The molecule has 0 aliphatic carbocycles. The number of nitrogens with one attached hydrogen (secondary N) is 1. The summed E-state index contributed by atoms with van der Waals surface area (Å²) in [5.41, 5.74) is 6.09. The van der Waals surface area contributed by atoms with Crippen molar-refractivity contribution in [3.63, 3.8) is 0 Å². The molecule has 2 aromatic carbocycles. The summed E-state index contributed by atoms with van der Waals surface area (Å²) in [6.45, 7) is 0. The van der Waals surface area contributed by atoms with Crippen molar-refractivity contribution in [2.75, 3.05) is 17.6 Å². The molecule has 0 radical (unpaired) electrons. The van der Waals surface area contributed by atoms with E-state index in [1.54, 1.807) is 0 Å². The predicted molar refractivity (Wildman–Crippen MR) is 82.3 cm³/mol. The van der Waals surface area contributed by atoms with Crippen molar-refractivity contribution in [2.24, 2.45) is 0 Å². The lowest BCUT2D eigenvalue weighted by atomic mass is 10.3. The molecule has 8 heteroatoms. The van der Waals surface area contributed by atoms with Gasteiger partial charge < -0.3 is 10.5 Å². The molecule has 0 spiro atoms. The first-order valence-electron chi connectivity index (χ1n) is 5.75. The topological polar surface area (TPSA) is 81.4 Å². The number of anilines is 2. The van der Waals surface area contributed by atoms with Gasteiger partial charge in [0.05, 0.1) is 12.8 Å². The van der Waals surface area contributed by atoms with E-state index in [2.05, 4.69) is 20.7 Å². The first kappa shape index (κ1) is 15.6. The Hall–Kier alpha value is -1.80. The Balaban J connectivity index is 2.35. The number of hydrogen-bond donors (Lipinski definition) is 2. The molecular weight excluding hydrogens is 363 g/mol. The van der Waals surface area contributed by atoms with Crippen molar-refractivity contribution < 1.29 is 17.5 Å². The molecular formula is C13H12BrFN2O3S. The summed E-state index contributed by atoms with van der Waals surface area (Å²) in [6.07, 6.45) is 0. The van der Waals surface area contributed by atoms with E-state index in [0.29, 0.717) is 10.2 Å². The van der Waals surface area contributed by atoms with E-state index in [4.69, 9.17) is 10.5 Å². The maximum absolute atomic E-state index is 13.6. The summed E-state index contributed by atoms with van der Waals surface area (Å²) in [5, 5.41) is 0. The Morgan fingerprint density at radius 3 is 2.52 bits per heavy atom. The molecule has 0 saturated carbocycles. The van der Waals surface area contributed by atoms with Crippen LogP contribution in [0.3, 0.4) is 0 Å². The van der Waals surface area contributed by atoms with E-state index < -0.39 is 15.8 Å². The van der Waals surface area contributed by atoms with Crippen LogP contribution in [0.5, 0.6) is 5.75 Å². The number of ether oxygens (including phenoxy) is 1. The number of halogens is 2. The van der Waals surface area contributed by atoms with Crippen LogP contribution in [-0.2, 0) is 10.0 Å². The van der Waals surface area contributed by atoms with Crippen molar-refractivity contribution in [2.45, 2.75) is 4.90 Å². The summed E-state index contributed by atoms with van der Waals surface area (Å²) in [6, 6.07) is 8.09. The molecule has 0 saturated heterocycles. The Kier molecular flexibility index (Phi) is 4.38. The Bertz CT molecular complexity index is 781. The van der Waals surface area contributed by atoms with Gasteiger partial charge in [-0.15, -0.1) is 0 Å². The molecule has 0 bridgehead atoms. The van der Waals surface area contributed by atoms with Gasteiger partial charge in [-0.25, -0.2) is 12.8 Å². The second-order valence-electron chi connectivity index (χ2n) is 4.14. The van der Waals surface area contributed by atoms with Gasteiger partial charge in [-0.2, -0.15) is 0 Å². The molecule has 2 aromatic rings. The summed E-state index contributed by atoms with van der Waals surface area (Å²) in [4.78, 5) is 0.00734. The normalized spacial score (nSPS) is 11.2. The molecule has 0 fully saturated rings. The average Bonchev–Trinajstić information content (AvgIpc) is 2.37. The smallest absolute Gasteiger partial charge is 0.263 e. The van der Waals surface area contributed by atoms with Gasteiger partial charge in [0.2, 0.25) is 0 Å². The minimum atomic E-state index is -3.86. The number of benzene rings is 2. The number of hydrogen-bond acceptors (Lipinski definition) is 4. The molecule has 0 aliphatic rings. The zero-order chi connectivity index (χ0) is 15.6. The van der Waals surface area contributed by atoms with Crippen LogP contribution in [0.15, 0.2) is 45.8 Å². The SMILES string of the molecule is COc1ccc(NS(=O)(=O)c2ccc(N)cc2Br)cc1F. The summed E-state index contributed by atoms with van der Waals surface area (Å²) >= 11 is 3.14. The van der Waals surface area contributed by atoms with Crippen LogP contribution in [0, 0.1) is 5.82 Å². The van der Waals surface area contributed by atoms with E-state index in [1.807, 2.05) is 0 Å². The van der Waals surface area contributed by atoms with Crippen molar-refractivity contribution in [3.05, 3.63) is 46.7 Å². The standard InChI is InChI=1S/C13H12BrFN2O3S/c1-20-12-4-3-9(7-11(12)15)17-21(18,19)13-5-2-8(16)6-10(13)14/h2-7,17H,16H2,1H3. The fourth-order valence-electron chi connectivity index (χ4n) is 1.68. The van der Waals surface area contributed by atoms with Crippen LogP contribution in [0.4, 0.5) is 15.8 Å². The Labute approximate surface area is 130 Å². The first-order valence-corrected chi connectivity index (χ1v) is 8.02. The van der Waals surface area contributed by atoms with Crippen LogP contribution in [-0.4, -0.2) is 15.5 Å². The molecule has 0 aromatic heterocycles. The third-order valence-corrected chi connectivity index (χ3v) is 5.01. The van der Waals surface area contributed by atoms with Crippen molar-refractivity contribution in [1.82, 2.24) is 0 Å². The highest BCUT2D eigenvalue weighted by atomic mass is 79.9. The van der Waals surface area contributed by atoms with Crippen LogP contribution in [0.1, 0.15) is 0 Å². The van der Waals surface area contributed by atoms with Gasteiger partial charge in [0, 0.05) is 16.2 Å². The summed E-state index contributed by atoms with van der Waals surface area (Å²) in [7, 11) is -2.53. The van der Waals surface area contributed by atoms with Crippen LogP contribution in [0.2, 0.25) is 0 Å². The average molecular weight is 375 g/mol. The third kappa shape index (κ3) is 3.45. The quantitative estimate of drug-likeness (QED) is 0.806. The monoisotopic (exact) mass is 374 g/mol. The summed E-state index contributed by atoms with van der Waals surface area (Å²) < 4.78 is 45.5. The largest absolute Gasteiger partial charge is 0.494 e. The lowest BCUT2D eigenvalue weighted by molar-refractivity contribution is 0.386. The lowest BCUT2D eigenvalue weighted by Gasteiger charge is -2.11. The number of methoxy groups -OCH3 is 1. The van der Waals surface area contributed by atoms with Crippen molar-refractivity contribution >= 4 is 37.3 Å². The van der Waals surface area contributed by atoms with Crippen molar-refractivity contribution in [3.8, 4) is 5.75 Å². The Morgan fingerprint density at radius 1 is 1.24 bits per heavy atom. The maximum atomic E-state index is 13.6. The number of nitrogens with two attached hydrogens (primary N) is 1. The van der Waals surface area contributed by atoms with Gasteiger partial charge in [-0.3, -0.25) is 4.72 Å². The molecule has 0 amide bonds. The van der Waals surface area contributed by atoms with E-state index in [9.17, 15) is 12.8 Å². The second kappa shape index (κ2) is 5.90. The zero-order valence-electron chi connectivity index (χ0n) is 10.9. The minimum Gasteiger partial charge on any atom is -0.494 e. The maximum Gasteiger partial charge on any atom is 0.263 e. The van der Waals surface area contributed by atoms with Gasteiger partial charge in [0.25, 0.3) is 10.0 Å². The molecule has 2 rings (SSSR count).